The first-order chi connectivity index (χ1) is 38.5. The highest BCUT2D eigenvalue weighted by atomic mass is 16.6. The van der Waals surface area contributed by atoms with E-state index in [1.54, 1.807) is 0 Å². The van der Waals surface area contributed by atoms with Gasteiger partial charge in [-0.3, -0.25) is 14.4 Å². The van der Waals surface area contributed by atoms with E-state index < -0.39 is 6.10 Å². The van der Waals surface area contributed by atoms with Gasteiger partial charge in [-0.2, -0.15) is 0 Å². The molecule has 0 bridgehead atoms. The molecule has 462 valence electrons. The fourth-order valence-corrected chi connectivity index (χ4v) is 11.2. The molecular weight excluding hydrogens is 961 g/mol. The molecule has 6 heteroatoms. The van der Waals surface area contributed by atoms with Gasteiger partial charge in [0, 0.05) is 19.3 Å². The maximum absolute atomic E-state index is 12.9. The van der Waals surface area contributed by atoms with E-state index >= 15 is 0 Å². The molecule has 1 atom stereocenters. The normalized spacial score (nSPS) is 12.0. The van der Waals surface area contributed by atoms with E-state index in [2.05, 4.69) is 32.9 Å². The van der Waals surface area contributed by atoms with E-state index in [-0.39, 0.29) is 31.1 Å². The lowest BCUT2D eigenvalue weighted by Gasteiger charge is -2.18. The van der Waals surface area contributed by atoms with Gasteiger partial charge in [-0.1, -0.05) is 360 Å². The monoisotopic (exact) mass is 1100 g/mol. The van der Waals surface area contributed by atoms with Crippen molar-refractivity contribution in [3.8, 4) is 0 Å². The van der Waals surface area contributed by atoms with E-state index in [4.69, 9.17) is 14.2 Å². The van der Waals surface area contributed by atoms with Crippen LogP contribution in [0.15, 0.2) is 12.2 Å². The fourth-order valence-electron chi connectivity index (χ4n) is 11.2. The number of rotatable bonds is 67. The molecule has 0 fully saturated rings. The Morgan fingerprint density at radius 2 is 0.423 bits per heavy atom. The smallest absolute Gasteiger partial charge is 0.306 e. The van der Waals surface area contributed by atoms with Crippen LogP contribution in [0.1, 0.15) is 412 Å². The molecule has 0 radical (unpaired) electrons. The molecule has 0 aromatic heterocycles. The maximum atomic E-state index is 12.9. The van der Waals surface area contributed by atoms with Crippen molar-refractivity contribution in [2.75, 3.05) is 13.2 Å². The molecule has 0 N–H and O–H groups in total. The highest BCUT2D eigenvalue weighted by Crippen LogP contribution is 2.19. The van der Waals surface area contributed by atoms with Crippen LogP contribution in [0.25, 0.3) is 0 Å². The van der Waals surface area contributed by atoms with Gasteiger partial charge in [0.15, 0.2) is 6.10 Å². The van der Waals surface area contributed by atoms with E-state index in [9.17, 15) is 14.4 Å². The van der Waals surface area contributed by atoms with Gasteiger partial charge in [-0.15, -0.1) is 0 Å². The first kappa shape index (κ1) is 76.1. The molecule has 0 heterocycles. The molecule has 0 aromatic rings. The minimum Gasteiger partial charge on any atom is -0.462 e. The minimum absolute atomic E-state index is 0.0670. The molecule has 0 aromatic carbocycles. The summed E-state index contributed by atoms with van der Waals surface area (Å²) < 4.78 is 16.9. The number of esters is 3. The Balaban J connectivity index is 4.03. The lowest BCUT2D eigenvalue weighted by molar-refractivity contribution is -0.167. The summed E-state index contributed by atoms with van der Waals surface area (Å²) in [7, 11) is 0. The maximum Gasteiger partial charge on any atom is 0.306 e. The van der Waals surface area contributed by atoms with Crippen LogP contribution in [-0.2, 0) is 28.6 Å². The summed E-state index contributed by atoms with van der Waals surface area (Å²) in [5, 5.41) is 0. The van der Waals surface area contributed by atoms with Gasteiger partial charge in [-0.25, -0.2) is 0 Å². The standard InChI is InChI=1S/C72H138O6/c1-4-7-10-13-16-19-22-25-27-28-29-30-31-32-33-34-35-36-37-38-39-40-41-42-43-44-46-47-50-53-56-59-62-65-71(74)77-68-69(67-76-70(73)64-61-58-55-52-49-24-21-18-15-12-9-6-3)78-72(75)66-63-60-57-54-51-48-45-26-23-20-17-14-11-8-5-2/h26,45,69H,4-25,27-44,46-68H2,1-3H3/b45-26-. The first-order valence-corrected chi connectivity index (χ1v) is 35.7. The lowest BCUT2D eigenvalue weighted by atomic mass is 10.0. The molecule has 0 aliphatic heterocycles. The predicted octanol–water partition coefficient (Wildman–Crippen LogP) is 24.4. The zero-order valence-electron chi connectivity index (χ0n) is 53.2. The number of unbranched alkanes of at least 4 members (excludes halogenated alkanes) is 54. The Morgan fingerprint density at radius 1 is 0.244 bits per heavy atom. The SMILES string of the molecule is CCCCCCCC/C=C\CCCCCCCC(=O)OC(COC(=O)CCCCCCCCCCCCCC)COC(=O)CCCCCCCCCCCCCCCCCCCCCCCCCCCCCCCCCCC. The number of hydrogen-bond acceptors (Lipinski definition) is 6. The first-order valence-electron chi connectivity index (χ1n) is 35.7. The van der Waals surface area contributed by atoms with Crippen molar-refractivity contribution >= 4 is 17.9 Å². The van der Waals surface area contributed by atoms with Gasteiger partial charge in [0.25, 0.3) is 0 Å². The molecule has 6 nitrogen and oxygen atoms in total. The van der Waals surface area contributed by atoms with E-state index in [1.165, 1.54) is 308 Å². The second kappa shape index (κ2) is 67.7. The minimum atomic E-state index is -0.770. The third kappa shape index (κ3) is 65.0. The van der Waals surface area contributed by atoms with Gasteiger partial charge < -0.3 is 14.2 Å². The van der Waals surface area contributed by atoms with Gasteiger partial charge in [-0.05, 0) is 44.9 Å². The molecule has 1 unspecified atom stereocenters. The van der Waals surface area contributed by atoms with E-state index in [0.717, 1.165) is 64.2 Å². The summed E-state index contributed by atoms with van der Waals surface area (Å²) in [6.45, 7) is 6.70. The number of allylic oxidation sites excluding steroid dienone is 2. The number of hydrogen-bond donors (Lipinski definition) is 0. The molecule has 0 spiro atoms. The molecule has 0 amide bonds. The lowest BCUT2D eigenvalue weighted by Crippen LogP contribution is -2.30. The Bertz CT molecular complexity index is 1210. The van der Waals surface area contributed by atoms with Gasteiger partial charge in [0.05, 0.1) is 0 Å². The fraction of sp³-hybridized carbons (Fsp3) is 0.931. The topological polar surface area (TPSA) is 78.9 Å². The van der Waals surface area contributed by atoms with Crippen molar-refractivity contribution in [2.45, 2.75) is 419 Å². The van der Waals surface area contributed by atoms with E-state index in [1.807, 2.05) is 0 Å². The van der Waals surface area contributed by atoms with Crippen LogP contribution < -0.4 is 0 Å². The highest BCUT2D eigenvalue weighted by molar-refractivity contribution is 5.71. The molecular formula is C72H138O6. The van der Waals surface area contributed by atoms with Gasteiger partial charge in [0.1, 0.15) is 13.2 Å². The van der Waals surface area contributed by atoms with Crippen molar-refractivity contribution < 1.29 is 28.6 Å². The Kier molecular flexibility index (Phi) is 66.0. The van der Waals surface area contributed by atoms with Crippen molar-refractivity contribution in [3.05, 3.63) is 12.2 Å². The van der Waals surface area contributed by atoms with Crippen LogP contribution in [0, 0.1) is 0 Å². The van der Waals surface area contributed by atoms with Crippen LogP contribution >= 0.6 is 0 Å². The van der Waals surface area contributed by atoms with Gasteiger partial charge >= 0.3 is 17.9 Å². The molecule has 0 saturated carbocycles. The Morgan fingerprint density at radius 3 is 0.641 bits per heavy atom. The molecule has 0 rings (SSSR count). The Hall–Kier alpha value is -1.85. The summed E-state index contributed by atoms with van der Waals surface area (Å²) in [5.41, 5.74) is 0. The Labute approximate surface area is 488 Å². The summed E-state index contributed by atoms with van der Waals surface area (Å²) in [4.78, 5) is 38.3. The third-order valence-corrected chi connectivity index (χ3v) is 16.5. The van der Waals surface area contributed by atoms with Crippen molar-refractivity contribution in [1.29, 1.82) is 0 Å². The average Bonchev–Trinajstić information content (AvgIpc) is 3.44. The van der Waals surface area contributed by atoms with Gasteiger partial charge in [0.2, 0.25) is 0 Å². The van der Waals surface area contributed by atoms with Crippen molar-refractivity contribution in [3.63, 3.8) is 0 Å². The predicted molar refractivity (Wildman–Crippen MR) is 340 cm³/mol. The highest BCUT2D eigenvalue weighted by Gasteiger charge is 2.19. The quantitative estimate of drug-likeness (QED) is 0.0261. The summed E-state index contributed by atoms with van der Waals surface area (Å²) >= 11 is 0. The second-order valence-electron chi connectivity index (χ2n) is 24.5. The largest absolute Gasteiger partial charge is 0.462 e. The molecule has 0 aliphatic carbocycles. The summed E-state index contributed by atoms with van der Waals surface area (Å²) in [6.07, 6.45) is 81.2. The zero-order valence-corrected chi connectivity index (χ0v) is 53.2. The molecule has 78 heavy (non-hydrogen) atoms. The van der Waals surface area contributed by atoms with Crippen LogP contribution in [-0.4, -0.2) is 37.2 Å². The van der Waals surface area contributed by atoms with Crippen LogP contribution in [0.4, 0.5) is 0 Å². The zero-order chi connectivity index (χ0) is 56.4. The molecule has 0 saturated heterocycles. The summed E-state index contributed by atoms with van der Waals surface area (Å²) in [5.74, 6) is -0.845. The average molecular weight is 1100 g/mol. The molecule has 0 aliphatic rings. The van der Waals surface area contributed by atoms with E-state index in [0.29, 0.717) is 19.3 Å². The number of carbonyl (C=O) groups is 3. The van der Waals surface area contributed by atoms with Crippen LogP contribution in [0.5, 0.6) is 0 Å². The summed E-state index contributed by atoms with van der Waals surface area (Å²) in [6, 6.07) is 0. The van der Waals surface area contributed by atoms with Crippen LogP contribution in [0.3, 0.4) is 0 Å². The van der Waals surface area contributed by atoms with Crippen LogP contribution in [0.2, 0.25) is 0 Å². The second-order valence-corrected chi connectivity index (χ2v) is 24.5. The number of ether oxygens (including phenoxy) is 3. The third-order valence-electron chi connectivity index (χ3n) is 16.5. The number of carbonyl (C=O) groups excluding carboxylic acids is 3. The van der Waals surface area contributed by atoms with Crippen molar-refractivity contribution in [2.24, 2.45) is 0 Å². The van der Waals surface area contributed by atoms with Crippen molar-refractivity contribution in [1.82, 2.24) is 0 Å².